The average Bonchev–Trinajstić information content (AvgIpc) is 2.00. The summed E-state index contributed by atoms with van der Waals surface area (Å²) in [7, 11) is 0. The lowest BCUT2D eigenvalue weighted by Crippen LogP contribution is -2.58. The lowest BCUT2D eigenvalue weighted by atomic mass is 10.1. The van der Waals surface area contributed by atoms with E-state index >= 15 is 0 Å². The minimum absolute atomic E-state index is 0.485. The van der Waals surface area contributed by atoms with E-state index in [1.54, 1.807) is 0 Å². The van der Waals surface area contributed by atoms with Crippen LogP contribution in [0.2, 0.25) is 0 Å². The summed E-state index contributed by atoms with van der Waals surface area (Å²) in [6.07, 6.45) is -6.65. The molecule has 0 aliphatic carbocycles. The maximum Gasteiger partial charge on any atom is 0.460 e. The highest BCUT2D eigenvalue weighted by Gasteiger charge is 2.76. The van der Waals surface area contributed by atoms with Crippen LogP contribution in [0.4, 0.5) is 35.2 Å². The predicted octanol–water partition coefficient (Wildman–Crippen LogP) is 1.82. The molecule has 0 heterocycles. The summed E-state index contributed by atoms with van der Waals surface area (Å²) >= 11 is 0. The van der Waals surface area contributed by atoms with Crippen LogP contribution in [0.1, 0.15) is 0 Å². The summed E-state index contributed by atoms with van der Waals surface area (Å²) in [6.45, 7) is 0. The van der Waals surface area contributed by atoms with E-state index in [1.807, 2.05) is 0 Å². The molecule has 0 aliphatic heterocycles. The molecule has 2 nitrogen and oxygen atoms in total. The van der Waals surface area contributed by atoms with Gasteiger partial charge in [-0.1, -0.05) is 0 Å². The first-order valence-electron chi connectivity index (χ1n) is 2.72. The molecule has 0 rings (SSSR count). The molecule has 0 saturated heterocycles. The number of rotatable bonds is 2. The SMILES string of the molecule is O=C(NF)C(F)(F)C(F)(F)C(F)(F)F. The summed E-state index contributed by atoms with van der Waals surface area (Å²) in [5, 5.41) is 0. The third kappa shape index (κ3) is 1.73. The van der Waals surface area contributed by atoms with Crippen LogP contribution in [0.15, 0.2) is 0 Å². The van der Waals surface area contributed by atoms with Gasteiger partial charge in [0.1, 0.15) is 0 Å². The second-order valence-corrected chi connectivity index (χ2v) is 2.07. The minimum Gasteiger partial charge on any atom is -0.265 e. The highest BCUT2D eigenvalue weighted by molar-refractivity contribution is 5.83. The van der Waals surface area contributed by atoms with E-state index in [2.05, 4.69) is 0 Å². The fourth-order valence-corrected chi connectivity index (χ4v) is 0.380. The molecule has 1 N–H and O–H groups in total. The van der Waals surface area contributed by atoms with Crippen molar-refractivity contribution in [3.63, 3.8) is 0 Å². The first kappa shape index (κ1) is 12.9. The van der Waals surface area contributed by atoms with Gasteiger partial charge >= 0.3 is 23.9 Å². The molecule has 14 heavy (non-hydrogen) atoms. The van der Waals surface area contributed by atoms with E-state index < -0.39 is 29.5 Å². The van der Waals surface area contributed by atoms with Gasteiger partial charge in [0.25, 0.3) is 0 Å². The molecule has 0 aliphatic rings. The van der Waals surface area contributed by atoms with Gasteiger partial charge < -0.3 is 0 Å². The van der Waals surface area contributed by atoms with Crippen molar-refractivity contribution in [2.75, 3.05) is 0 Å². The van der Waals surface area contributed by atoms with Gasteiger partial charge in [-0.25, -0.2) is 0 Å². The van der Waals surface area contributed by atoms with Crippen LogP contribution in [0.25, 0.3) is 0 Å². The third-order valence-electron chi connectivity index (χ3n) is 1.12. The summed E-state index contributed by atoms with van der Waals surface area (Å²) < 4.78 is 92.5. The van der Waals surface area contributed by atoms with Crippen molar-refractivity contribution < 1.29 is 40.0 Å². The van der Waals surface area contributed by atoms with Crippen LogP contribution < -0.4 is 5.54 Å². The van der Waals surface area contributed by atoms with Gasteiger partial charge in [-0.2, -0.15) is 36.3 Å². The van der Waals surface area contributed by atoms with E-state index in [9.17, 15) is 40.0 Å². The number of carbonyl (C=O) groups is 1. The van der Waals surface area contributed by atoms with E-state index in [0.29, 0.717) is 0 Å². The molecule has 84 valence electrons. The molecule has 0 spiro atoms. The number of nitrogens with one attached hydrogen (secondary N) is 1. The highest BCUT2D eigenvalue weighted by Crippen LogP contribution is 2.46. The maximum atomic E-state index is 12.0. The molecule has 0 fully saturated rings. The fraction of sp³-hybridized carbons (Fsp3) is 0.750. The Labute approximate surface area is 70.8 Å². The van der Waals surface area contributed by atoms with Gasteiger partial charge in [0.15, 0.2) is 0 Å². The topological polar surface area (TPSA) is 29.1 Å². The molecule has 0 bridgehead atoms. The van der Waals surface area contributed by atoms with Crippen molar-refractivity contribution in [3.8, 4) is 0 Å². The quantitative estimate of drug-likeness (QED) is 0.570. The molecule has 0 aromatic rings. The first-order valence-corrected chi connectivity index (χ1v) is 2.72. The molecule has 0 saturated carbocycles. The molecule has 10 heteroatoms. The zero-order chi connectivity index (χ0) is 11.8. The highest BCUT2D eigenvalue weighted by atomic mass is 19.4. The Morgan fingerprint density at radius 1 is 0.929 bits per heavy atom. The number of hydrogen-bond donors (Lipinski definition) is 1. The molecular formula is C4HF8NO. The van der Waals surface area contributed by atoms with Gasteiger partial charge in [0, 0.05) is 0 Å². The molecular weight excluding hydrogens is 230 g/mol. The van der Waals surface area contributed by atoms with Crippen LogP contribution in [0.5, 0.6) is 0 Å². The number of amides is 1. The van der Waals surface area contributed by atoms with Crippen molar-refractivity contribution in [1.82, 2.24) is 5.54 Å². The first-order chi connectivity index (χ1) is 5.98. The maximum absolute atomic E-state index is 12.0. The van der Waals surface area contributed by atoms with Crippen molar-refractivity contribution in [2.45, 2.75) is 18.0 Å². The monoisotopic (exact) mass is 231 g/mol. The van der Waals surface area contributed by atoms with E-state index in [-0.39, 0.29) is 0 Å². The normalized spacial score (nSPS) is 14.0. The van der Waals surface area contributed by atoms with Crippen molar-refractivity contribution in [2.24, 2.45) is 0 Å². The van der Waals surface area contributed by atoms with Crippen molar-refractivity contribution >= 4 is 5.91 Å². The number of carbonyl (C=O) groups excluding carboxylic acids is 1. The third-order valence-corrected chi connectivity index (χ3v) is 1.12. The molecule has 0 aromatic carbocycles. The average molecular weight is 231 g/mol. The van der Waals surface area contributed by atoms with Gasteiger partial charge in [-0.05, 0) is 0 Å². The zero-order valence-corrected chi connectivity index (χ0v) is 5.93. The lowest BCUT2D eigenvalue weighted by Gasteiger charge is -2.25. The number of halogens is 8. The smallest absolute Gasteiger partial charge is 0.265 e. The van der Waals surface area contributed by atoms with Gasteiger partial charge in [-0.3, -0.25) is 4.79 Å². The van der Waals surface area contributed by atoms with E-state index in [0.717, 1.165) is 0 Å². The van der Waals surface area contributed by atoms with Gasteiger partial charge in [0.2, 0.25) is 0 Å². The van der Waals surface area contributed by atoms with Crippen LogP contribution in [-0.2, 0) is 4.79 Å². The van der Waals surface area contributed by atoms with E-state index in [1.165, 1.54) is 0 Å². The molecule has 0 atom stereocenters. The second kappa shape index (κ2) is 3.24. The Kier molecular flexibility index (Phi) is 2.99. The number of alkyl halides is 7. The lowest BCUT2D eigenvalue weighted by molar-refractivity contribution is -0.344. The Balaban J connectivity index is 5.18. The molecule has 0 unspecified atom stereocenters. The van der Waals surface area contributed by atoms with Crippen LogP contribution in [0, 0.1) is 0 Å². The Morgan fingerprint density at radius 3 is 1.50 bits per heavy atom. The van der Waals surface area contributed by atoms with Crippen LogP contribution >= 0.6 is 0 Å². The number of hydrogen-bond acceptors (Lipinski definition) is 1. The van der Waals surface area contributed by atoms with Crippen molar-refractivity contribution in [3.05, 3.63) is 0 Å². The summed E-state index contributed by atoms with van der Waals surface area (Å²) in [5.41, 5.74) is -0.485. The predicted molar refractivity (Wildman–Crippen MR) is 25.2 cm³/mol. The second-order valence-electron chi connectivity index (χ2n) is 2.07. The standard InChI is InChI=1S/C4HF8NO/c5-2(6,1(14)13-12)3(7,8)4(9,10)11/h(H,13,14). The Bertz CT molecular complexity index is 232. The Morgan fingerprint density at radius 2 is 1.29 bits per heavy atom. The zero-order valence-electron chi connectivity index (χ0n) is 5.93. The Hall–Kier alpha value is -1.09. The van der Waals surface area contributed by atoms with Gasteiger partial charge in [0.05, 0.1) is 0 Å². The van der Waals surface area contributed by atoms with Crippen LogP contribution in [-0.4, -0.2) is 23.9 Å². The van der Waals surface area contributed by atoms with Gasteiger partial charge in [-0.15, -0.1) is 4.48 Å². The summed E-state index contributed by atoms with van der Waals surface area (Å²) in [6, 6.07) is 0. The minimum atomic E-state index is -6.65. The molecule has 0 aromatic heterocycles. The van der Waals surface area contributed by atoms with Crippen LogP contribution in [0.3, 0.4) is 0 Å². The molecule has 1 amide bonds. The van der Waals surface area contributed by atoms with Crippen molar-refractivity contribution in [1.29, 1.82) is 0 Å². The largest absolute Gasteiger partial charge is 0.460 e. The van der Waals surface area contributed by atoms with E-state index in [4.69, 9.17) is 0 Å². The summed E-state index contributed by atoms with van der Waals surface area (Å²) in [5.74, 6) is -16.2. The fourth-order valence-electron chi connectivity index (χ4n) is 0.380. The summed E-state index contributed by atoms with van der Waals surface area (Å²) in [4.78, 5) is 9.71. The molecule has 0 radical (unpaired) electrons.